The molecule has 26 heavy (non-hydrogen) atoms. The number of nitrogens with one attached hydrogen (secondary N) is 2. The summed E-state index contributed by atoms with van der Waals surface area (Å²) in [6.07, 6.45) is 0. The predicted molar refractivity (Wildman–Crippen MR) is 104 cm³/mol. The number of rotatable bonds is 5. The molecule has 0 fully saturated rings. The molecule has 4 heteroatoms. The van der Waals surface area contributed by atoms with E-state index in [0.717, 1.165) is 10.9 Å². The molecule has 4 nitrogen and oxygen atoms in total. The van der Waals surface area contributed by atoms with Gasteiger partial charge in [0.25, 0.3) is 5.91 Å². The van der Waals surface area contributed by atoms with Crippen LogP contribution in [0.25, 0.3) is 10.8 Å². The van der Waals surface area contributed by atoms with Crippen LogP contribution in [0, 0.1) is 0 Å². The molecule has 2 atom stereocenters. The zero-order chi connectivity index (χ0) is 18.5. The quantitative estimate of drug-likeness (QED) is 0.737. The number of fused-ring (bicyclic) bond motifs is 1. The van der Waals surface area contributed by atoms with Gasteiger partial charge in [0.2, 0.25) is 5.91 Å². The van der Waals surface area contributed by atoms with Gasteiger partial charge in [0.05, 0.1) is 6.04 Å². The van der Waals surface area contributed by atoms with Gasteiger partial charge in [-0.2, -0.15) is 0 Å². The fourth-order valence-corrected chi connectivity index (χ4v) is 2.83. The van der Waals surface area contributed by atoms with Crippen molar-refractivity contribution in [3.8, 4) is 0 Å². The molecule has 0 saturated heterocycles. The molecule has 0 saturated carbocycles. The van der Waals surface area contributed by atoms with Gasteiger partial charge in [-0.3, -0.25) is 9.59 Å². The van der Waals surface area contributed by atoms with Gasteiger partial charge in [0, 0.05) is 5.56 Å². The van der Waals surface area contributed by atoms with Gasteiger partial charge in [0.15, 0.2) is 0 Å². The number of carbonyl (C=O) groups is 2. The molecule has 0 spiro atoms. The van der Waals surface area contributed by atoms with E-state index < -0.39 is 6.04 Å². The van der Waals surface area contributed by atoms with Crippen molar-refractivity contribution in [2.24, 2.45) is 0 Å². The Morgan fingerprint density at radius 1 is 0.769 bits per heavy atom. The van der Waals surface area contributed by atoms with Gasteiger partial charge in [-0.15, -0.1) is 0 Å². The van der Waals surface area contributed by atoms with Crippen LogP contribution < -0.4 is 10.6 Å². The number of carbonyl (C=O) groups excluding carboxylic acids is 2. The minimum Gasteiger partial charge on any atom is -0.348 e. The van der Waals surface area contributed by atoms with Crippen molar-refractivity contribution in [3.63, 3.8) is 0 Å². The predicted octanol–water partition coefficient (Wildman–Crippen LogP) is 3.84. The molecule has 0 aliphatic heterocycles. The Hall–Kier alpha value is -3.14. The summed E-state index contributed by atoms with van der Waals surface area (Å²) in [5.74, 6) is -0.471. The van der Waals surface area contributed by atoms with Crippen molar-refractivity contribution < 1.29 is 9.59 Å². The van der Waals surface area contributed by atoms with Crippen molar-refractivity contribution in [2.45, 2.75) is 25.9 Å². The molecule has 0 aliphatic rings. The van der Waals surface area contributed by atoms with Gasteiger partial charge in [-0.1, -0.05) is 54.6 Å². The average Bonchev–Trinajstić information content (AvgIpc) is 2.68. The Balaban J connectivity index is 1.63. The molecule has 2 unspecified atom stereocenters. The average molecular weight is 346 g/mol. The first-order valence-corrected chi connectivity index (χ1v) is 8.69. The molecule has 3 aromatic carbocycles. The van der Waals surface area contributed by atoms with Gasteiger partial charge in [0.1, 0.15) is 6.04 Å². The number of amides is 2. The SMILES string of the molecule is CC(NC(=O)c1ccccc1)C(=O)NC(C)c1ccc2ccccc2c1. The van der Waals surface area contributed by atoms with E-state index in [0.29, 0.717) is 5.56 Å². The van der Waals surface area contributed by atoms with E-state index in [1.165, 1.54) is 5.39 Å². The Morgan fingerprint density at radius 3 is 2.15 bits per heavy atom. The summed E-state index contributed by atoms with van der Waals surface area (Å²) in [4.78, 5) is 24.6. The van der Waals surface area contributed by atoms with Crippen molar-refractivity contribution in [1.82, 2.24) is 10.6 Å². The summed E-state index contributed by atoms with van der Waals surface area (Å²) >= 11 is 0. The van der Waals surface area contributed by atoms with E-state index in [2.05, 4.69) is 28.8 Å². The highest BCUT2D eigenvalue weighted by molar-refractivity contribution is 5.97. The molecule has 0 aromatic heterocycles. The molecule has 0 aliphatic carbocycles. The largest absolute Gasteiger partial charge is 0.348 e. The second-order valence-electron chi connectivity index (χ2n) is 6.40. The van der Waals surface area contributed by atoms with E-state index in [1.807, 2.05) is 37.3 Å². The molecule has 0 radical (unpaired) electrons. The minimum atomic E-state index is -0.620. The van der Waals surface area contributed by atoms with Crippen LogP contribution in [0.5, 0.6) is 0 Å². The zero-order valence-corrected chi connectivity index (χ0v) is 14.9. The lowest BCUT2D eigenvalue weighted by molar-refractivity contribution is -0.123. The van der Waals surface area contributed by atoms with Crippen molar-refractivity contribution in [3.05, 3.63) is 83.9 Å². The molecule has 2 N–H and O–H groups in total. The lowest BCUT2D eigenvalue weighted by Gasteiger charge is -2.19. The normalized spacial score (nSPS) is 13.0. The maximum Gasteiger partial charge on any atom is 0.251 e. The monoisotopic (exact) mass is 346 g/mol. The lowest BCUT2D eigenvalue weighted by atomic mass is 10.0. The van der Waals surface area contributed by atoms with E-state index in [-0.39, 0.29) is 17.9 Å². The third-order valence-electron chi connectivity index (χ3n) is 4.41. The molecule has 132 valence electrons. The van der Waals surface area contributed by atoms with Crippen molar-refractivity contribution >= 4 is 22.6 Å². The number of hydrogen-bond donors (Lipinski definition) is 2. The molecule has 3 aromatic rings. The van der Waals surface area contributed by atoms with Crippen LogP contribution >= 0.6 is 0 Å². The smallest absolute Gasteiger partial charge is 0.251 e. The summed E-state index contributed by atoms with van der Waals surface area (Å²) < 4.78 is 0. The standard InChI is InChI=1S/C22H22N2O2/c1-15(19-13-12-17-8-6-7-11-20(17)14-19)23-21(25)16(2)24-22(26)18-9-4-3-5-10-18/h3-16H,1-2H3,(H,23,25)(H,24,26). The third-order valence-corrected chi connectivity index (χ3v) is 4.41. The summed E-state index contributed by atoms with van der Waals surface area (Å²) in [6, 6.07) is 22.4. The summed E-state index contributed by atoms with van der Waals surface area (Å²) in [5, 5.41) is 8.00. The van der Waals surface area contributed by atoms with Gasteiger partial charge in [-0.25, -0.2) is 0 Å². The Bertz CT molecular complexity index is 922. The molecule has 0 bridgehead atoms. The Morgan fingerprint density at radius 2 is 1.42 bits per heavy atom. The zero-order valence-electron chi connectivity index (χ0n) is 14.9. The number of hydrogen-bond acceptors (Lipinski definition) is 2. The first-order valence-electron chi connectivity index (χ1n) is 8.69. The molecule has 0 heterocycles. The van der Waals surface area contributed by atoms with Crippen LogP contribution in [0.4, 0.5) is 0 Å². The Kier molecular flexibility index (Phi) is 5.32. The molecular formula is C22H22N2O2. The van der Waals surface area contributed by atoms with Gasteiger partial charge < -0.3 is 10.6 Å². The first-order chi connectivity index (χ1) is 12.5. The van der Waals surface area contributed by atoms with Crippen molar-refractivity contribution in [2.75, 3.05) is 0 Å². The van der Waals surface area contributed by atoms with Crippen LogP contribution in [0.3, 0.4) is 0 Å². The maximum absolute atomic E-state index is 12.4. The highest BCUT2D eigenvalue weighted by atomic mass is 16.2. The summed E-state index contributed by atoms with van der Waals surface area (Å²) in [7, 11) is 0. The third kappa shape index (κ3) is 4.09. The van der Waals surface area contributed by atoms with Crippen LogP contribution in [-0.2, 0) is 4.79 Å². The molecule has 3 rings (SSSR count). The highest BCUT2D eigenvalue weighted by Gasteiger charge is 2.18. The van der Waals surface area contributed by atoms with E-state index in [4.69, 9.17) is 0 Å². The fraction of sp³-hybridized carbons (Fsp3) is 0.182. The topological polar surface area (TPSA) is 58.2 Å². The van der Waals surface area contributed by atoms with Crippen LogP contribution in [0.15, 0.2) is 72.8 Å². The maximum atomic E-state index is 12.4. The number of benzene rings is 3. The molecule has 2 amide bonds. The second-order valence-corrected chi connectivity index (χ2v) is 6.40. The van der Waals surface area contributed by atoms with Crippen LogP contribution in [0.2, 0.25) is 0 Å². The van der Waals surface area contributed by atoms with Gasteiger partial charge in [-0.05, 0) is 48.4 Å². The minimum absolute atomic E-state index is 0.150. The molecular weight excluding hydrogens is 324 g/mol. The van der Waals surface area contributed by atoms with Gasteiger partial charge >= 0.3 is 0 Å². The summed E-state index contributed by atoms with van der Waals surface area (Å²) in [6.45, 7) is 3.62. The fourth-order valence-electron chi connectivity index (χ4n) is 2.83. The van der Waals surface area contributed by atoms with E-state index in [1.54, 1.807) is 31.2 Å². The van der Waals surface area contributed by atoms with Crippen molar-refractivity contribution in [1.29, 1.82) is 0 Å². The summed E-state index contributed by atoms with van der Waals surface area (Å²) in [5.41, 5.74) is 1.56. The highest BCUT2D eigenvalue weighted by Crippen LogP contribution is 2.20. The van der Waals surface area contributed by atoms with Crippen LogP contribution in [0.1, 0.15) is 35.8 Å². The lowest BCUT2D eigenvalue weighted by Crippen LogP contribution is -2.45. The second kappa shape index (κ2) is 7.83. The van der Waals surface area contributed by atoms with E-state index >= 15 is 0 Å². The van der Waals surface area contributed by atoms with E-state index in [9.17, 15) is 9.59 Å². The van der Waals surface area contributed by atoms with Crippen LogP contribution in [-0.4, -0.2) is 17.9 Å². The Labute approximate surface area is 153 Å². The first kappa shape index (κ1) is 17.7.